The third-order valence-corrected chi connectivity index (χ3v) is 4.12. The molecule has 1 saturated heterocycles. The third kappa shape index (κ3) is 4.17. The predicted octanol–water partition coefficient (Wildman–Crippen LogP) is 2.86. The number of hydrogen-bond donors (Lipinski definition) is 0. The molecule has 2 aromatic rings. The van der Waals surface area contributed by atoms with E-state index in [1.165, 1.54) is 18.3 Å². The molecule has 1 aromatic heterocycles. The van der Waals surface area contributed by atoms with Crippen molar-refractivity contribution in [2.24, 2.45) is 5.92 Å². The van der Waals surface area contributed by atoms with Crippen molar-refractivity contribution in [3.8, 4) is 11.5 Å². The normalized spacial score (nSPS) is 17.2. The van der Waals surface area contributed by atoms with Gasteiger partial charge in [-0.1, -0.05) is 18.2 Å². The molecule has 1 aliphatic heterocycles. The zero-order valence-corrected chi connectivity index (χ0v) is 14.0. The van der Waals surface area contributed by atoms with E-state index in [0.29, 0.717) is 31.1 Å². The van der Waals surface area contributed by atoms with Crippen molar-refractivity contribution in [2.75, 3.05) is 20.2 Å². The van der Waals surface area contributed by atoms with Gasteiger partial charge in [-0.15, -0.1) is 0 Å². The second kappa shape index (κ2) is 7.83. The molecule has 0 aliphatic carbocycles. The smallest absolute Gasteiger partial charge is 0.409 e. The molecule has 132 valence electrons. The Kier molecular flexibility index (Phi) is 5.33. The summed E-state index contributed by atoms with van der Waals surface area (Å²) in [5, 5.41) is 0. The Labute approximate surface area is 145 Å². The second-order valence-corrected chi connectivity index (χ2v) is 5.87. The number of amides is 1. The highest BCUT2D eigenvalue weighted by Gasteiger charge is 2.30. The number of aromatic nitrogens is 1. The van der Waals surface area contributed by atoms with Crippen LogP contribution in [-0.4, -0.2) is 42.1 Å². The number of piperidine rings is 1. The van der Waals surface area contributed by atoms with Crippen LogP contribution < -0.4 is 0 Å². The Hall–Kier alpha value is -2.83. The van der Waals surface area contributed by atoms with Gasteiger partial charge in [-0.2, -0.15) is 0 Å². The average Bonchev–Trinajstić information content (AvgIpc) is 3.15. The van der Waals surface area contributed by atoms with Crippen molar-refractivity contribution < 1.29 is 23.5 Å². The summed E-state index contributed by atoms with van der Waals surface area (Å²) in [5.41, 5.74) is 1.41. The molecule has 1 aliphatic rings. The summed E-state index contributed by atoms with van der Waals surface area (Å²) >= 11 is 0. The van der Waals surface area contributed by atoms with E-state index in [2.05, 4.69) is 4.98 Å². The molecule has 1 aromatic carbocycles. The predicted molar refractivity (Wildman–Crippen MR) is 88.4 cm³/mol. The van der Waals surface area contributed by atoms with E-state index >= 15 is 0 Å². The van der Waals surface area contributed by atoms with Crippen molar-refractivity contribution in [3.05, 3.63) is 42.3 Å². The standard InChI is InChI=1S/C18H20N2O5/c1-23-18(22)20-9-5-8-14(10-20)17(21)25-12-15-11-24-16(19-15)13-6-3-2-4-7-13/h2-4,6-7,11,14H,5,8-10,12H2,1H3. The lowest BCUT2D eigenvalue weighted by atomic mass is 9.99. The van der Waals surface area contributed by atoms with Crippen LogP contribution >= 0.6 is 0 Å². The van der Waals surface area contributed by atoms with Gasteiger partial charge in [0.25, 0.3) is 0 Å². The summed E-state index contributed by atoms with van der Waals surface area (Å²) in [6.07, 6.45) is 2.51. The van der Waals surface area contributed by atoms with E-state index in [4.69, 9.17) is 13.9 Å². The molecule has 7 nitrogen and oxygen atoms in total. The Morgan fingerprint density at radius 2 is 2.12 bits per heavy atom. The molecule has 2 heterocycles. The van der Waals surface area contributed by atoms with Crippen LogP contribution in [0, 0.1) is 5.92 Å². The van der Waals surface area contributed by atoms with Crippen molar-refractivity contribution in [1.29, 1.82) is 0 Å². The quantitative estimate of drug-likeness (QED) is 0.793. The number of hydrogen-bond acceptors (Lipinski definition) is 6. The van der Waals surface area contributed by atoms with E-state index in [-0.39, 0.29) is 18.5 Å². The van der Waals surface area contributed by atoms with Crippen LogP contribution in [-0.2, 0) is 20.9 Å². The summed E-state index contributed by atoms with van der Waals surface area (Å²) < 4.78 is 15.5. The Balaban J connectivity index is 1.54. The van der Waals surface area contributed by atoms with Crippen molar-refractivity contribution in [3.63, 3.8) is 0 Å². The fourth-order valence-electron chi connectivity index (χ4n) is 2.81. The molecule has 3 rings (SSSR count). The highest BCUT2D eigenvalue weighted by Crippen LogP contribution is 2.21. The van der Waals surface area contributed by atoms with E-state index in [0.717, 1.165) is 12.0 Å². The number of likely N-dealkylation sites (tertiary alicyclic amines) is 1. The highest BCUT2D eigenvalue weighted by molar-refractivity contribution is 5.74. The summed E-state index contributed by atoms with van der Waals surface area (Å²) in [7, 11) is 1.33. The zero-order valence-electron chi connectivity index (χ0n) is 14.0. The van der Waals surface area contributed by atoms with E-state index in [1.807, 2.05) is 30.3 Å². The molecule has 0 spiro atoms. The second-order valence-electron chi connectivity index (χ2n) is 5.87. The van der Waals surface area contributed by atoms with Crippen LogP contribution in [0.4, 0.5) is 4.79 Å². The van der Waals surface area contributed by atoms with Crippen LogP contribution in [0.5, 0.6) is 0 Å². The lowest BCUT2D eigenvalue weighted by Crippen LogP contribution is -2.42. The molecule has 25 heavy (non-hydrogen) atoms. The van der Waals surface area contributed by atoms with Gasteiger partial charge in [0.15, 0.2) is 0 Å². The van der Waals surface area contributed by atoms with Gasteiger partial charge in [-0.05, 0) is 25.0 Å². The summed E-state index contributed by atoms with van der Waals surface area (Å²) in [6.45, 7) is 0.962. The van der Waals surface area contributed by atoms with E-state index in [1.54, 1.807) is 0 Å². The van der Waals surface area contributed by atoms with Gasteiger partial charge >= 0.3 is 12.1 Å². The van der Waals surface area contributed by atoms with Gasteiger partial charge in [0.2, 0.25) is 5.89 Å². The highest BCUT2D eigenvalue weighted by atomic mass is 16.5. The molecule has 1 atom stereocenters. The number of carbonyl (C=O) groups is 2. The SMILES string of the molecule is COC(=O)N1CCCC(C(=O)OCc2coc(-c3ccccc3)n2)C1. The lowest BCUT2D eigenvalue weighted by Gasteiger charge is -2.30. The maximum Gasteiger partial charge on any atom is 0.409 e. The third-order valence-electron chi connectivity index (χ3n) is 4.12. The maximum atomic E-state index is 12.2. The molecule has 1 fully saturated rings. The number of benzene rings is 1. The minimum atomic E-state index is -0.415. The zero-order chi connectivity index (χ0) is 17.6. The monoisotopic (exact) mass is 344 g/mol. The summed E-state index contributed by atoms with van der Waals surface area (Å²) in [4.78, 5) is 29.7. The summed E-state index contributed by atoms with van der Waals surface area (Å²) in [5.74, 6) is -0.188. The maximum absolute atomic E-state index is 12.2. The van der Waals surface area contributed by atoms with Crippen molar-refractivity contribution >= 4 is 12.1 Å². The molecule has 7 heteroatoms. The minimum Gasteiger partial charge on any atom is -0.459 e. The van der Waals surface area contributed by atoms with Gasteiger partial charge in [0.1, 0.15) is 18.6 Å². The van der Waals surface area contributed by atoms with Gasteiger partial charge in [-0.3, -0.25) is 4.79 Å². The van der Waals surface area contributed by atoms with Gasteiger partial charge in [0.05, 0.1) is 13.0 Å². The first-order chi connectivity index (χ1) is 12.2. The van der Waals surface area contributed by atoms with Gasteiger partial charge < -0.3 is 18.8 Å². The number of nitrogens with zero attached hydrogens (tertiary/aromatic N) is 2. The number of methoxy groups -OCH3 is 1. The van der Waals surface area contributed by atoms with Crippen LogP contribution in [0.2, 0.25) is 0 Å². The van der Waals surface area contributed by atoms with Crippen LogP contribution in [0.1, 0.15) is 18.5 Å². The summed E-state index contributed by atoms with van der Waals surface area (Å²) in [6, 6.07) is 9.50. The Morgan fingerprint density at radius 1 is 1.32 bits per heavy atom. The number of esters is 1. The molecular formula is C18H20N2O5. The van der Waals surface area contributed by atoms with E-state index < -0.39 is 6.09 Å². The number of ether oxygens (including phenoxy) is 2. The van der Waals surface area contributed by atoms with Crippen molar-refractivity contribution in [1.82, 2.24) is 9.88 Å². The average molecular weight is 344 g/mol. The molecule has 0 N–H and O–H groups in total. The van der Waals surface area contributed by atoms with Gasteiger partial charge in [0, 0.05) is 18.7 Å². The molecule has 0 radical (unpaired) electrons. The largest absolute Gasteiger partial charge is 0.459 e. The molecule has 0 bridgehead atoms. The number of rotatable bonds is 4. The first-order valence-electron chi connectivity index (χ1n) is 8.16. The number of oxazole rings is 1. The molecule has 1 unspecified atom stereocenters. The lowest BCUT2D eigenvalue weighted by molar-refractivity contribution is -0.151. The fourth-order valence-corrected chi connectivity index (χ4v) is 2.81. The van der Waals surface area contributed by atoms with Crippen LogP contribution in [0.25, 0.3) is 11.5 Å². The van der Waals surface area contributed by atoms with Gasteiger partial charge in [-0.25, -0.2) is 9.78 Å². The fraction of sp³-hybridized carbons (Fsp3) is 0.389. The Bertz CT molecular complexity index is 728. The molecular weight excluding hydrogens is 324 g/mol. The van der Waals surface area contributed by atoms with Crippen molar-refractivity contribution in [2.45, 2.75) is 19.4 Å². The van der Waals surface area contributed by atoms with Crippen LogP contribution in [0.3, 0.4) is 0 Å². The first kappa shape index (κ1) is 17.0. The minimum absolute atomic E-state index is 0.0455. The van der Waals surface area contributed by atoms with Crippen LogP contribution in [0.15, 0.2) is 41.0 Å². The first-order valence-corrected chi connectivity index (χ1v) is 8.16. The molecule has 1 amide bonds. The number of carbonyl (C=O) groups excluding carboxylic acids is 2. The van der Waals surface area contributed by atoms with E-state index in [9.17, 15) is 9.59 Å². The Morgan fingerprint density at radius 3 is 2.88 bits per heavy atom. The molecule has 0 saturated carbocycles. The topological polar surface area (TPSA) is 81.9 Å².